The van der Waals surface area contributed by atoms with Gasteiger partial charge < -0.3 is 9.84 Å². The van der Waals surface area contributed by atoms with Crippen LogP contribution in [0.2, 0.25) is 0 Å². The van der Waals surface area contributed by atoms with Gasteiger partial charge in [0, 0.05) is 6.42 Å². The Hall–Kier alpha value is -0.570. The molecule has 1 aliphatic heterocycles. The van der Waals surface area contributed by atoms with Gasteiger partial charge in [-0.05, 0) is 13.3 Å². The second-order valence-corrected chi connectivity index (χ2v) is 3.81. The molecule has 0 bridgehead atoms. The Bertz CT molecular complexity index is 177. The lowest BCUT2D eigenvalue weighted by molar-refractivity contribution is -0.188. The predicted octanol–water partition coefficient (Wildman–Crippen LogP) is 1.49. The summed E-state index contributed by atoms with van der Waals surface area (Å²) >= 11 is 0. The highest BCUT2D eigenvalue weighted by Gasteiger charge is 2.41. The summed E-state index contributed by atoms with van der Waals surface area (Å²) < 4.78 is 4.96. The van der Waals surface area contributed by atoms with Crippen LogP contribution in [0.25, 0.3) is 0 Å². The summed E-state index contributed by atoms with van der Waals surface area (Å²) in [6.45, 7) is 3.83. The average Bonchev–Trinajstić information content (AvgIpc) is 2.03. The smallest absolute Gasteiger partial charge is 0.313 e. The van der Waals surface area contributed by atoms with Crippen molar-refractivity contribution in [1.29, 1.82) is 0 Å². The zero-order chi connectivity index (χ0) is 9.84. The van der Waals surface area contributed by atoms with Crippen LogP contribution in [0.4, 0.5) is 0 Å². The summed E-state index contributed by atoms with van der Waals surface area (Å²) in [5, 5.41) is 9.13. The number of aliphatic hydroxyl groups excluding tert-OH is 1. The van der Waals surface area contributed by atoms with Gasteiger partial charge >= 0.3 is 5.97 Å². The molecule has 0 aromatic carbocycles. The highest BCUT2D eigenvalue weighted by molar-refractivity contribution is 5.78. The van der Waals surface area contributed by atoms with Gasteiger partial charge in [0.05, 0.1) is 12.0 Å². The first-order valence-electron chi connectivity index (χ1n) is 5.03. The van der Waals surface area contributed by atoms with E-state index in [2.05, 4.69) is 6.92 Å². The van der Waals surface area contributed by atoms with Crippen LogP contribution < -0.4 is 0 Å². The molecule has 0 spiro atoms. The van der Waals surface area contributed by atoms with E-state index in [1.54, 1.807) is 6.92 Å². The lowest BCUT2D eigenvalue weighted by Gasteiger charge is -2.35. The second-order valence-electron chi connectivity index (χ2n) is 3.81. The Morgan fingerprint density at radius 3 is 2.77 bits per heavy atom. The minimum Gasteiger partial charge on any atom is -0.461 e. The summed E-state index contributed by atoms with van der Waals surface area (Å²) in [5.74, 6) is -0.0337. The molecule has 0 saturated carbocycles. The van der Waals surface area contributed by atoms with Crippen LogP contribution in [0.5, 0.6) is 0 Å². The monoisotopic (exact) mass is 186 g/mol. The Balaban J connectivity index is 2.28. The van der Waals surface area contributed by atoms with Gasteiger partial charge in [0.1, 0.15) is 6.10 Å². The molecule has 1 unspecified atom stereocenters. The normalized spacial score (nSPS) is 29.3. The van der Waals surface area contributed by atoms with Crippen LogP contribution >= 0.6 is 0 Å². The largest absolute Gasteiger partial charge is 0.461 e. The molecule has 0 radical (unpaired) electrons. The summed E-state index contributed by atoms with van der Waals surface area (Å²) in [5.41, 5.74) is 0. The van der Waals surface area contributed by atoms with Gasteiger partial charge in [0.2, 0.25) is 0 Å². The van der Waals surface area contributed by atoms with E-state index in [1.807, 2.05) is 0 Å². The zero-order valence-corrected chi connectivity index (χ0v) is 8.32. The van der Waals surface area contributed by atoms with Gasteiger partial charge in [-0.2, -0.15) is 0 Å². The number of aliphatic hydroxyl groups is 1. The molecular weight excluding hydrogens is 168 g/mol. The topological polar surface area (TPSA) is 46.5 Å². The molecule has 1 saturated heterocycles. The highest BCUT2D eigenvalue weighted by atomic mass is 16.6. The Labute approximate surface area is 79.1 Å². The lowest BCUT2D eigenvalue weighted by atomic mass is 9.88. The van der Waals surface area contributed by atoms with Crippen molar-refractivity contribution >= 4 is 5.97 Å². The van der Waals surface area contributed by atoms with Gasteiger partial charge in [-0.25, -0.2) is 0 Å². The molecule has 3 nitrogen and oxygen atoms in total. The third-order valence-corrected chi connectivity index (χ3v) is 2.46. The van der Waals surface area contributed by atoms with Gasteiger partial charge in [-0.1, -0.05) is 19.8 Å². The van der Waals surface area contributed by atoms with Gasteiger partial charge in [0.25, 0.3) is 0 Å². The first-order valence-corrected chi connectivity index (χ1v) is 5.03. The summed E-state index contributed by atoms with van der Waals surface area (Å²) in [6, 6.07) is 0. The van der Waals surface area contributed by atoms with Gasteiger partial charge in [-0.3, -0.25) is 4.79 Å². The highest BCUT2D eigenvalue weighted by Crippen LogP contribution is 2.30. The van der Waals surface area contributed by atoms with E-state index in [9.17, 15) is 4.79 Å². The fraction of sp³-hybridized carbons (Fsp3) is 0.900. The van der Waals surface area contributed by atoms with E-state index in [1.165, 1.54) is 0 Å². The van der Waals surface area contributed by atoms with Crippen LogP contribution in [-0.2, 0) is 9.53 Å². The minimum atomic E-state index is -0.373. The number of hydrogen-bond acceptors (Lipinski definition) is 3. The van der Waals surface area contributed by atoms with Crippen LogP contribution in [0.3, 0.4) is 0 Å². The van der Waals surface area contributed by atoms with Gasteiger partial charge in [0.15, 0.2) is 0 Å². The quantitative estimate of drug-likeness (QED) is 0.662. The molecule has 76 valence electrons. The van der Waals surface area contributed by atoms with Crippen LogP contribution in [0.15, 0.2) is 0 Å². The van der Waals surface area contributed by atoms with Crippen molar-refractivity contribution in [3.05, 3.63) is 0 Å². The number of ether oxygens (including phenoxy) is 1. The van der Waals surface area contributed by atoms with Crippen molar-refractivity contribution in [2.75, 3.05) is 0 Å². The van der Waals surface area contributed by atoms with Crippen LogP contribution in [0.1, 0.15) is 39.5 Å². The maximum atomic E-state index is 11.0. The molecule has 0 aliphatic carbocycles. The third-order valence-electron chi connectivity index (χ3n) is 2.46. The number of carbonyl (C=O) groups is 1. The molecule has 0 amide bonds. The number of unbranched alkanes of at least 4 members (excludes halogenated alkanes) is 1. The average molecular weight is 186 g/mol. The number of hydrogen-bond donors (Lipinski definition) is 1. The summed E-state index contributed by atoms with van der Waals surface area (Å²) in [7, 11) is 0. The van der Waals surface area contributed by atoms with Crippen LogP contribution in [-0.4, -0.2) is 23.3 Å². The molecule has 3 atom stereocenters. The second kappa shape index (κ2) is 4.61. The summed E-state index contributed by atoms with van der Waals surface area (Å²) in [6.07, 6.45) is 3.26. The van der Waals surface area contributed by atoms with Crippen molar-refractivity contribution in [1.82, 2.24) is 0 Å². The van der Waals surface area contributed by atoms with Crippen molar-refractivity contribution in [3.63, 3.8) is 0 Å². The molecule has 13 heavy (non-hydrogen) atoms. The SMILES string of the molecule is CCCC[C@@H]1C(=O)O[C@H]1CC(C)O. The number of esters is 1. The van der Waals surface area contributed by atoms with E-state index in [-0.39, 0.29) is 24.1 Å². The molecule has 1 aliphatic rings. The van der Waals surface area contributed by atoms with Crippen molar-refractivity contribution < 1.29 is 14.6 Å². The fourth-order valence-corrected chi connectivity index (χ4v) is 1.67. The third kappa shape index (κ3) is 2.69. The lowest BCUT2D eigenvalue weighted by Crippen LogP contribution is -2.46. The van der Waals surface area contributed by atoms with Crippen molar-refractivity contribution in [3.8, 4) is 0 Å². The fourth-order valence-electron chi connectivity index (χ4n) is 1.67. The molecule has 1 fully saturated rings. The van der Waals surface area contributed by atoms with Crippen LogP contribution in [0, 0.1) is 5.92 Å². The molecular formula is C10H18O3. The van der Waals surface area contributed by atoms with E-state index in [0.29, 0.717) is 6.42 Å². The Morgan fingerprint density at radius 1 is 1.62 bits per heavy atom. The molecule has 0 aromatic heterocycles. The minimum absolute atomic E-state index is 0.0287. The van der Waals surface area contributed by atoms with E-state index >= 15 is 0 Å². The van der Waals surface area contributed by atoms with E-state index in [0.717, 1.165) is 19.3 Å². The Morgan fingerprint density at radius 2 is 2.31 bits per heavy atom. The van der Waals surface area contributed by atoms with E-state index < -0.39 is 0 Å². The molecule has 1 heterocycles. The number of cyclic esters (lactones) is 1. The van der Waals surface area contributed by atoms with Crippen molar-refractivity contribution in [2.24, 2.45) is 5.92 Å². The van der Waals surface area contributed by atoms with E-state index in [4.69, 9.17) is 9.84 Å². The first kappa shape index (κ1) is 10.5. The standard InChI is InChI=1S/C10H18O3/c1-3-4-5-8-9(6-7(2)11)13-10(8)12/h7-9,11H,3-6H2,1-2H3/t7?,8-,9-/m0/s1. The maximum absolute atomic E-state index is 11.0. The maximum Gasteiger partial charge on any atom is 0.313 e. The van der Waals surface area contributed by atoms with Gasteiger partial charge in [-0.15, -0.1) is 0 Å². The molecule has 1 rings (SSSR count). The number of rotatable bonds is 5. The molecule has 3 heteroatoms. The summed E-state index contributed by atoms with van der Waals surface area (Å²) in [4.78, 5) is 11.0. The number of carbonyl (C=O) groups excluding carboxylic acids is 1. The van der Waals surface area contributed by atoms with Crippen molar-refractivity contribution in [2.45, 2.75) is 51.7 Å². The first-order chi connectivity index (χ1) is 6.15. The molecule has 0 aromatic rings. The predicted molar refractivity (Wildman–Crippen MR) is 49.2 cm³/mol. The zero-order valence-electron chi connectivity index (χ0n) is 8.32. The molecule has 1 N–H and O–H groups in total. The Kier molecular flexibility index (Phi) is 3.72.